The summed E-state index contributed by atoms with van der Waals surface area (Å²) in [5.74, 6) is 1.22. The second kappa shape index (κ2) is 8.60. The Bertz CT molecular complexity index is 1030. The van der Waals surface area contributed by atoms with E-state index in [1.165, 1.54) is 6.92 Å². The SMILES string of the molecule is CC(=O)N/N=C\c1cn(Cc2ccccc2)nc1-c1ccc2c(c1)OCCCO2. The molecule has 1 N–H and O–H groups in total. The van der Waals surface area contributed by atoms with E-state index in [0.717, 1.165) is 34.6 Å². The van der Waals surface area contributed by atoms with Crippen molar-refractivity contribution in [2.45, 2.75) is 19.9 Å². The molecule has 0 atom stereocenters. The van der Waals surface area contributed by atoms with Gasteiger partial charge in [0.1, 0.15) is 5.69 Å². The van der Waals surface area contributed by atoms with E-state index in [1.54, 1.807) is 6.21 Å². The smallest absolute Gasteiger partial charge is 0.236 e. The summed E-state index contributed by atoms with van der Waals surface area (Å²) in [6.07, 6.45) is 4.37. The van der Waals surface area contributed by atoms with Crippen molar-refractivity contribution >= 4 is 12.1 Å². The second-order valence-corrected chi connectivity index (χ2v) is 6.75. The zero-order valence-electron chi connectivity index (χ0n) is 16.2. The fourth-order valence-corrected chi connectivity index (χ4v) is 3.11. The van der Waals surface area contributed by atoms with Crippen LogP contribution in [0.15, 0.2) is 59.8 Å². The highest BCUT2D eigenvalue weighted by molar-refractivity contribution is 5.89. The number of hydrogen-bond acceptors (Lipinski definition) is 5. The van der Waals surface area contributed by atoms with Gasteiger partial charge in [-0.1, -0.05) is 30.3 Å². The normalized spacial score (nSPS) is 13.3. The third-order valence-corrected chi connectivity index (χ3v) is 4.42. The van der Waals surface area contributed by atoms with Gasteiger partial charge in [0.05, 0.1) is 26.0 Å². The number of rotatable bonds is 5. The van der Waals surface area contributed by atoms with E-state index in [-0.39, 0.29) is 5.91 Å². The van der Waals surface area contributed by atoms with Crippen LogP contribution in [0.2, 0.25) is 0 Å². The zero-order valence-corrected chi connectivity index (χ0v) is 16.2. The molecule has 0 fully saturated rings. The van der Waals surface area contributed by atoms with Crippen LogP contribution in [-0.2, 0) is 11.3 Å². The van der Waals surface area contributed by atoms with E-state index >= 15 is 0 Å². The van der Waals surface area contributed by atoms with Gasteiger partial charge in [0, 0.05) is 30.7 Å². The predicted octanol–water partition coefficient (Wildman–Crippen LogP) is 3.23. The average Bonchev–Trinajstić information content (AvgIpc) is 2.96. The van der Waals surface area contributed by atoms with Crippen LogP contribution in [0.3, 0.4) is 0 Å². The van der Waals surface area contributed by atoms with Gasteiger partial charge in [0.25, 0.3) is 0 Å². The molecular weight excluding hydrogens is 368 g/mol. The molecule has 4 rings (SSSR count). The van der Waals surface area contributed by atoms with Gasteiger partial charge in [-0.25, -0.2) is 5.43 Å². The number of fused-ring (bicyclic) bond motifs is 1. The zero-order chi connectivity index (χ0) is 20.1. The molecule has 0 bridgehead atoms. The van der Waals surface area contributed by atoms with Gasteiger partial charge >= 0.3 is 0 Å². The minimum absolute atomic E-state index is 0.227. The molecule has 29 heavy (non-hydrogen) atoms. The average molecular weight is 390 g/mol. The van der Waals surface area contributed by atoms with Crippen molar-refractivity contribution in [3.8, 4) is 22.8 Å². The highest BCUT2D eigenvalue weighted by atomic mass is 16.5. The number of carbonyl (C=O) groups excluding carboxylic acids is 1. The molecule has 0 aliphatic carbocycles. The lowest BCUT2D eigenvalue weighted by Crippen LogP contribution is -2.12. The van der Waals surface area contributed by atoms with Gasteiger partial charge in [0.15, 0.2) is 11.5 Å². The Morgan fingerprint density at radius 1 is 1.17 bits per heavy atom. The van der Waals surface area contributed by atoms with Crippen molar-refractivity contribution in [3.05, 3.63) is 65.9 Å². The summed E-state index contributed by atoms with van der Waals surface area (Å²) < 4.78 is 13.4. The van der Waals surface area contributed by atoms with Gasteiger partial charge in [-0.15, -0.1) is 0 Å². The number of aromatic nitrogens is 2. The number of hydrazone groups is 1. The topological polar surface area (TPSA) is 77.7 Å². The third kappa shape index (κ3) is 4.63. The van der Waals surface area contributed by atoms with Crippen LogP contribution in [0.25, 0.3) is 11.3 Å². The Morgan fingerprint density at radius 3 is 2.76 bits per heavy atom. The van der Waals surface area contributed by atoms with E-state index in [1.807, 2.05) is 47.3 Å². The first-order valence-corrected chi connectivity index (χ1v) is 9.50. The largest absolute Gasteiger partial charge is 0.490 e. The molecule has 2 heterocycles. The maximum atomic E-state index is 11.2. The molecule has 148 valence electrons. The molecule has 1 aliphatic rings. The first-order chi connectivity index (χ1) is 14.2. The Balaban J connectivity index is 1.69. The maximum Gasteiger partial charge on any atom is 0.236 e. The van der Waals surface area contributed by atoms with E-state index in [4.69, 9.17) is 14.6 Å². The highest BCUT2D eigenvalue weighted by Gasteiger charge is 2.15. The first-order valence-electron chi connectivity index (χ1n) is 9.50. The highest BCUT2D eigenvalue weighted by Crippen LogP contribution is 2.34. The third-order valence-electron chi connectivity index (χ3n) is 4.42. The molecule has 1 aromatic heterocycles. The quantitative estimate of drug-likeness (QED) is 0.536. The van der Waals surface area contributed by atoms with Crippen molar-refractivity contribution in [3.63, 3.8) is 0 Å². The minimum atomic E-state index is -0.227. The molecule has 3 aromatic rings. The number of hydrogen-bond donors (Lipinski definition) is 1. The molecule has 1 aliphatic heterocycles. The fourth-order valence-electron chi connectivity index (χ4n) is 3.11. The van der Waals surface area contributed by atoms with Crippen LogP contribution in [0.5, 0.6) is 11.5 Å². The van der Waals surface area contributed by atoms with Crippen LogP contribution in [0.4, 0.5) is 0 Å². The van der Waals surface area contributed by atoms with Gasteiger partial charge in [-0.2, -0.15) is 10.2 Å². The predicted molar refractivity (Wildman–Crippen MR) is 110 cm³/mol. The summed E-state index contributed by atoms with van der Waals surface area (Å²) in [5.41, 5.74) is 6.03. The van der Waals surface area contributed by atoms with Crippen molar-refractivity contribution in [1.29, 1.82) is 0 Å². The number of amides is 1. The molecule has 1 amide bonds. The van der Waals surface area contributed by atoms with E-state index < -0.39 is 0 Å². The summed E-state index contributed by atoms with van der Waals surface area (Å²) >= 11 is 0. The number of nitrogens with zero attached hydrogens (tertiary/aromatic N) is 3. The number of benzene rings is 2. The first kappa shape index (κ1) is 18.7. The molecular formula is C22H22N4O3. The Kier molecular flexibility index (Phi) is 5.56. The van der Waals surface area contributed by atoms with Crippen molar-refractivity contribution in [2.24, 2.45) is 5.10 Å². The molecule has 7 nitrogen and oxygen atoms in total. The summed E-state index contributed by atoms with van der Waals surface area (Å²) in [4.78, 5) is 11.2. The maximum absolute atomic E-state index is 11.2. The van der Waals surface area contributed by atoms with Crippen molar-refractivity contribution in [2.75, 3.05) is 13.2 Å². The lowest BCUT2D eigenvalue weighted by atomic mass is 10.1. The Morgan fingerprint density at radius 2 is 1.97 bits per heavy atom. The van der Waals surface area contributed by atoms with Gasteiger partial charge in [-0.3, -0.25) is 9.48 Å². The monoisotopic (exact) mass is 390 g/mol. The molecule has 7 heteroatoms. The molecule has 2 aromatic carbocycles. The lowest BCUT2D eigenvalue weighted by Gasteiger charge is -2.08. The Hall–Kier alpha value is -3.61. The molecule has 0 spiro atoms. The summed E-state index contributed by atoms with van der Waals surface area (Å²) in [5, 5.41) is 8.78. The van der Waals surface area contributed by atoms with Gasteiger partial charge in [0.2, 0.25) is 5.91 Å². The molecule has 0 saturated carbocycles. The molecule has 0 saturated heterocycles. The van der Waals surface area contributed by atoms with Crippen molar-refractivity contribution in [1.82, 2.24) is 15.2 Å². The molecule has 0 unspecified atom stereocenters. The standard InChI is InChI=1S/C22H22N4O3/c1-16(27)24-23-13-19-15-26(14-17-6-3-2-4-7-17)25-22(19)18-8-9-20-21(12-18)29-11-5-10-28-20/h2-4,6-9,12-13,15H,5,10-11,14H2,1H3,(H,24,27)/b23-13-. The fraction of sp³-hybridized carbons (Fsp3) is 0.227. The summed E-state index contributed by atoms with van der Waals surface area (Å²) in [6.45, 7) is 3.32. The van der Waals surface area contributed by atoms with E-state index in [0.29, 0.717) is 25.5 Å². The number of carbonyl (C=O) groups is 1. The van der Waals surface area contributed by atoms with Crippen LogP contribution in [0.1, 0.15) is 24.5 Å². The number of nitrogens with one attached hydrogen (secondary N) is 1. The van der Waals surface area contributed by atoms with Crippen LogP contribution in [0, 0.1) is 0 Å². The Labute approximate surface area is 169 Å². The minimum Gasteiger partial charge on any atom is -0.490 e. The molecule has 0 radical (unpaired) electrons. The van der Waals surface area contributed by atoms with Gasteiger partial charge in [-0.05, 0) is 23.8 Å². The van der Waals surface area contributed by atoms with Gasteiger partial charge < -0.3 is 9.47 Å². The van der Waals surface area contributed by atoms with E-state index in [2.05, 4.69) is 22.7 Å². The van der Waals surface area contributed by atoms with Crippen LogP contribution >= 0.6 is 0 Å². The summed E-state index contributed by atoms with van der Waals surface area (Å²) in [6, 6.07) is 15.9. The van der Waals surface area contributed by atoms with E-state index in [9.17, 15) is 4.79 Å². The summed E-state index contributed by atoms with van der Waals surface area (Å²) in [7, 11) is 0. The van der Waals surface area contributed by atoms with Crippen molar-refractivity contribution < 1.29 is 14.3 Å². The lowest BCUT2D eigenvalue weighted by molar-refractivity contribution is -0.118. The van der Waals surface area contributed by atoms with Crippen LogP contribution in [-0.4, -0.2) is 35.1 Å². The second-order valence-electron chi connectivity index (χ2n) is 6.75. The van der Waals surface area contributed by atoms with Crippen LogP contribution < -0.4 is 14.9 Å². The number of ether oxygens (including phenoxy) is 2.